The third-order valence-electron chi connectivity index (χ3n) is 8.98. The van der Waals surface area contributed by atoms with Crippen LogP contribution in [0, 0.1) is 12.3 Å². The van der Waals surface area contributed by atoms with Gasteiger partial charge in [0.15, 0.2) is 0 Å². The van der Waals surface area contributed by atoms with E-state index in [1.165, 1.54) is 12.1 Å². The van der Waals surface area contributed by atoms with E-state index in [1.807, 2.05) is 43.3 Å². The third-order valence-corrected chi connectivity index (χ3v) is 10.3. The number of aryl methyl sites for hydroxylation is 1. The van der Waals surface area contributed by atoms with Crippen LogP contribution in [0.1, 0.15) is 68.6 Å². The molecule has 2 aromatic heterocycles. The molecule has 1 saturated heterocycles. The quantitative estimate of drug-likeness (QED) is 0.243. The van der Waals surface area contributed by atoms with Crippen LogP contribution in [0.2, 0.25) is 0 Å². The van der Waals surface area contributed by atoms with Crippen LogP contribution in [0.4, 0.5) is 11.8 Å². The number of methoxy groups -OCH3 is 1. The third kappa shape index (κ3) is 7.64. The first-order valence-electron chi connectivity index (χ1n) is 16.6. The number of hydrogen-bond donors (Lipinski definition) is 1. The second kappa shape index (κ2) is 13.7. The summed E-state index contributed by atoms with van der Waals surface area (Å²) in [6.45, 7) is 11.7. The van der Waals surface area contributed by atoms with E-state index in [4.69, 9.17) is 14.5 Å². The van der Waals surface area contributed by atoms with E-state index >= 15 is 0 Å². The molecular formula is C37H44N6O5S. The SMILES string of the molecule is COc1cccc(C)c1-c1cc2nc(n1)NS(=O)(=O)c1cccc(c1)C(=O)N(Cc1cccc(N3CCCC3C)n1)[C@H](CC(C)(C)C)CO2. The minimum absolute atomic E-state index is 0.0852. The predicted molar refractivity (Wildman–Crippen MR) is 190 cm³/mol. The summed E-state index contributed by atoms with van der Waals surface area (Å²) < 4.78 is 42.0. The van der Waals surface area contributed by atoms with E-state index in [-0.39, 0.29) is 46.8 Å². The van der Waals surface area contributed by atoms with Crippen molar-refractivity contribution in [3.63, 3.8) is 0 Å². The molecule has 49 heavy (non-hydrogen) atoms. The van der Waals surface area contributed by atoms with Crippen molar-refractivity contribution in [3.8, 4) is 22.9 Å². The molecule has 2 aliphatic heterocycles. The Balaban J connectivity index is 1.47. The Morgan fingerprint density at radius 3 is 2.53 bits per heavy atom. The lowest BCUT2D eigenvalue weighted by atomic mass is 9.87. The van der Waals surface area contributed by atoms with E-state index in [1.54, 1.807) is 30.2 Å². The molecule has 1 fully saturated rings. The number of amides is 1. The van der Waals surface area contributed by atoms with Crippen LogP contribution in [0.5, 0.6) is 11.6 Å². The first-order valence-corrected chi connectivity index (χ1v) is 18.1. The molecule has 1 unspecified atom stereocenters. The van der Waals surface area contributed by atoms with Crippen molar-refractivity contribution in [1.29, 1.82) is 0 Å². The van der Waals surface area contributed by atoms with Gasteiger partial charge in [0.2, 0.25) is 11.8 Å². The largest absolute Gasteiger partial charge is 0.496 e. The van der Waals surface area contributed by atoms with E-state index < -0.39 is 16.1 Å². The molecule has 4 bridgehead atoms. The Bertz CT molecular complexity index is 1960. The number of anilines is 2. The maximum absolute atomic E-state index is 14.5. The summed E-state index contributed by atoms with van der Waals surface area (Å²) in [5, 5.41) is 0. The molecule has 11 nitrogen and oxygen atoms in total. The zero-order valence-corrected chi connectivity index (χ0v) is 29.8. The van der Waals surface area contributed by atoms with Crippen molar-refractivity contribution >= 4 is 27.7 Å². The van der Waals surface area contributed by atoms with Gasteiger partial charge in [-0.3, -0.25) is 4.79 Å². The number of ether oxygens (including phenoxy) is 2. The molecule has 12 heteroatoms. The normalized spacial score (nSPS) is 19.3. The number of carbonyl (C=O) groups excluding carboxylic acids is 1. The van der Waals surface area contributed by atoms with Gasteiger partial charge in [0.25, 0.3) is 15.9 Å². The zero-order valence-electron chi connectivity index (χ0n) is 28.9. The molecule has 4 heterocycles. The molecule has 6 rings (SSSR count). The van der Waals surface area contributed by atoms with Crippen LogP contribution in [0.25, 0.3) is 11.3 Å². The first kappa shape index (κ1) is 34.2. The lowest BCUT2D eigenvalue weighted by Crippen LogP contribution is -2.45. The highest BCUT2D eigenvalue weighted by molar-refractivity contribution is 7.92. The fourth-order valence-corrected chi connectivity index (χ4v) is 7.62. The van der Waals surface area contributed by atoms with Gasteiger partial charge in [0.05, 0.1) is 36.0 Å². The smallest absolute Gasteiger partial charge is 0.264 e. The lowest BCUT2D eigenvalue weighted by Gasteiger charge is -2.35. The highest BCUT2D eigenvalue weighted by atomic mass is 32.2. The number of hydrogen-bond acceptors (Lipinski definition) is 9. The van der Waals surface area contributed by atoms with Crippen LogP contribution < -0.4 is 19.1 Å². The fourth-order valence-electron chi connectivity index (χ4n) is 6.63. The van der Waals surface area contributed by atoms with E-state index in [9.17, 15) is 13.2 Å². The molecule has 258 valence electrons. The van der Waals surface area contributed by atoms with Crippen LogP contribution in [-0.4, -0.2) is 66.5 Å². The van der Waals surface area contributed by atoms with Crippen LogP contribution in [-0.2, 0) is 16.6 Å². The highest BCUT2D eigenvalue weighted by Gasteiger charge is 2.32. The van der Waals surface area contributed by atoms with Crippen LogP contribution >= 0.6 is 0 Å². The van der Waals surface area contributed by atoms with E-state index in [2.05, 4.69) is 47.3 Å². The van der Waals surface area contributed by atoms with Crippen LogP contribution in [0.3, 0.4) is 0 Å². The minimum atomic E-state index is -4.20. The number of pyridine rings is 1. The zero-order chi connectivity index (χ0) is 34.9. The average molecular weight is 685 g/mol. The summed E-state index contributed by atoms with van der Waals surface area (Å²) in [4.78, 5) is 32.6. The first-order chi connectivity index (χ1) is 23.3. The Kier molecular flexibility index (Phi) is 9.52. The summed E-state index contributed by atoms with van der Waals surface area (Å²) in [5.41, 5.74) is 2.78. The Labute approximate surface area is 288 Å². The van der Waals surface area contributed by atoms with Crippen molar-refractivity contribution < 1.29 is 22.7 Å². The van der Waals surface area contributed by atoms with E-state index in [0.717, 1.165) is 36.5 Å². The van der Waals surface area contributed by atoms with Gasteiger partial charge < -0.3 is 19.3 Å². The summed E-state index contributed by atoms with van der Waals surface area (Å²) >= 11 is 0. The number of fused-ring (bicyclic) bond motifs is 4. The van der Waals surface area contributed by atoms with Crippen molar-refractivity contribution in [2.24, 2.45) is 5.41 Å². The van der Waals surface area contributed by atoms with Gasteiger partial charge in [-0.05, 0) is 80.5 Å². The Morgan fingerprint density at radius 2 is 1.80 bits per heavy atom. The van der Waals surface area contributed by atoms with Crippen molar-refractivity contribution in [1.82, 2.24) is 19.9 Å². The summed E-state index contributed by atoms with van der Waals surface area (Å²) in [7, 11) is -2.62. The topological polar surface area (TPSA) is 127 Å². The average Bonchev–Trinajstić information content (AvgIpc) is 3.50. The van der Waals surface area contributed by atoms with Gasteiger partial charge in [0.1, 0.15) is 18.2 Å². The van der Waals surface area contributed by atoms with Gasteiger partial charge in [-0.2, -0.15) is 4.98 Å². The second-order valence-electron chi connectivity index (χ2n) is 14.0. The molecule has 0 spiro atoms. The second-order valence-corrected chi connectivity index (χ2v) is 15.7. The molecule has 1 N–H and O–H groups in total. The molecule has 0 saturated carbocycles. The van der Waals surface area contributed by atoms with Gasteiger partial charge in [-0.25, -0.2) is 23.1 Å². The molecule has 0 aliphatic carbocycles. The van der Waals surface area contributed by atoms with Crippen molar-refractivity contribution in [2.75, 3.05) is 29.9 Å². The maximum Gasteiger partial charge on any atom is 0.264 e. The summed E-state index contributed by atoms with van der Waals surface area (Å²) in [6.07, 6.45) is 2.81. The number of rotatable bonds is 6. The van der Waals surface area contributed by atoms with Gasteiger partial charge in [0, 0.05) is 29.8 Å². The lowest BCUT2D eigenvalue weighted by molar-refractivity contribution is 0.0509. The molecule has 4 aromatic rings. The molecule has 2 aromatic carbocycles. The van der Waals surface area contributed by atoms with Crippen molar-refractivity contribution in [2.45, 2.75) is 77.4 Å². The monoisotopic (exact) mass is 684 g/mol. The minimum Gasteiger partial charge on any atom is -0.496 e. The number of nitrogens with zero attached hydrogens (tertiary/aromatic N) is 5. The van der Waals surface area contributed by atoms with Gasteiger partial charge >= 0.3 is 0 Å². The Hall–Kier alpha value is -4.71. The fraction of sp³-hybridized carbons (Fsp3) is 0.405. The van der Waals surface area contributed by atoms with Gasteiger partial charge in [-0.15, -0.1) is 0 Å². The molecule has 0 radical (unpaired) electrons. The number of sulfonamides is 1. The number of nitrogens with one attached hydrogen (secondary N) is 1. The number of carbonyl (C=O) groups is 1. The molecule has 1 amide bonds. The maximum atomic E-state index is 14.5. The standard InChI is InChI=1S/C37H44N6O5S/c1-24-11-7-16-31(47-6)34(24)30-20-33-40-36(39-30)41-49(45,46)29-15-8-13-26(19-29)35(44)43(28(23-48-33)21-37(3,4)5)22-27-14-9-17-32(38-27)42-18-10-12-25(42)2/h7-9,11,13-17,19-20,25,28H,10,12,18,21-23H2,1-6H3,(H,39,40,41)/t25?,28-/m1/s1. The molecule has 2 atom stereocenters. The number of benzene rings is 2. The van der Waals surface area contributed by atoms with Crippen molar-refractivity contribution in [3.05, 3.63) is 83.6 Å². The molecular weight excluding hydrogens is 641 g/mol. The Morgan fingerprint density at radius 1 is 1.02 bits per heavy atom. The molecule has 2 aliphatic rings. The van der Waals surface area contributed by atoms with E-state index in [0.29, 0.717) is 29.5 Å². The number of aromatic nitrogens is 3. The highest BCUT2D eigenvalue weighted by Crippen LogP contribution is 2.35. The predicted octanol–water partition coefficient (Wildman–Crippen LogP) is 6.48. The summed E-state index contributed by atoms with van der Waals surface area (Å²) in [5.74, 6) is 1.14. The summed E-state index contributed by atoms with van der Waals surface area (Å²) in [6, 6.07) is 19.2. The van der Waals surface area contributed by atoms with Gasteiger partial charge in [-0.1, -0.05) is 45.0 Å². The van der Waals surface area contributed by atoms with Crippen LogP contribution in [0.15, 0.2) is 71.6 Å².